The van der Waals surface area contributed by atoms with Gasteiger partial charge in [-0.2, -0.15) is 11.8 Å². The number of nitrogens with zero attached hydrogens (tertiary/aromatic N) is 1. The minimum Gasteiger partial charge on any atom is -0.342 e. The number of hydrogen-bond acceptors (Lipinski definition) is 3. The summed E-state index contributed by atoms with van der Waals surface area (Å²) in [5.41, 5.74) is -0.259. The van der Waals surface area contributed by atoms with E-state index in [1.807, 2.05) is 51.3 Å². The van der Waals surface area contributed by atoms with Crippen LogP contribution in [0.25, 0.3) is 0 Å². The summed E-state index contributed by atoms with van der Waals surface area (Å²) in [5.74, 6) is 2.32. The molecule has 1 aliphatic rings. The lowest BCUT2D eigenvalue weighted by molar-refractivity contribution is -0.154. The van der Waals surface area contributed by atoms with Gasteiger partial charge in [0.1, 0.15) is 12.1 Å². The zero-order chi connectivity index (χ0) is 16.2. The van der Waals surface area contributed by atoms with Gasteiger partial charge < -0.3 is 10.2 Å². The molecule has 1 fully saturated rings. The third kappa shape index (κ3) is 4.63. The van der Waals surface area contributed by atoms with Crippen molar-refractivity contribution < 1.29 is 9.59 Å². The normalized spacial score (nSPS) is 23.7. The Balaban J connectivity index is 2.88. The number of nitrogens with one attached hydrogen (secondary N) is 1. The van der Waals surface area contributed by atoms with Crippen molar-refractivity contribution in [1.82, 2.24) is 10.2 Å². The van der Waals surface area contributed by atoms with Gasteiger partial charge >= 0.3 is 0 Å². The maximum atomic E-state index is 12.8. The summed E-state index contributed by atoms with van der Waals surface area (Å²) in [5, 5.41) is 2.93. The Kier molecular flexibility index (Phi) is 6.57. The molecule has 0 radical (unpaired) electrons. The Morgan fingerprint density at radius 3 is 2.38 bits per heavy atom. The summed E-state index contributed by atoms with van der Waals surface area (Å²) in [7, 11) is 0. The van der Waals surface area contributed by atoms with Crippen LogP contribution in [0.2, 0.25) is 0 Å². The summed E-state index contributed by atoms with van der Waals surface area (Å²) in [4.78, 5) is 27.0. The van der Waals surface area contributed by atoms with Crippen molar-refractivity contribution in [1.29, 1.82) is 0 Å². The van der Waals surface area contributed by atoms with E-state index in [1.54, 1.807) is 0 Å². The van der Waals surface area contributed by atoms with Gasteiger partial charge in [0.2, 0.25) is 11.8 Å². The van der Waals surface area contributed by atoms with Crippen molar-refractivity contribution in [2.75, 3.05) is 18.1 Å². The van der Waals surface area contributed by atoms with E-state index in [9.17, 15) is 9.59 Å². The largest absolute Gasteiger partial charge is 0.342 e. The fourth-order valence-electron chi connectivity index (χ4n) is 2.71. The molecule has 1 aliphatic heterocycles. The molecule has 0 spiro atoms. The van der Waals surface area contributed by atoms with Gasteiger partial charge in [0.05, 0.1) is 0 Å². The summed E-state index contributed by atoms with van der Waals surface area (Å²) < 4.78 is 0. The smallest absolute Gasteiger partial charge is 0.246 e. The zero-order valence-electron chi connectivity index (χ0n) is 14.2. The van der Waals surface area contributed by atoms with Gasteiger partial charge in [-0.3, -0.25) is 9.59 Å². The summed E-state index contributed by atoms with van der Waals surface area (Å²) >= 11 is 1.88. The molecule has 4 nitrogen and oxygen atoms in total. The van der Waals surface area contributed by atoms with E-state index in [0.29, 0.717) is 6.54 Å². The molecule has 5 heteroatoms. The molecule has 2 atom stereocenters. The van der Waals surface area contributed by atoms with Crippen molar-refractivity contribution in [3.63, 3.8) is 0 Å². The Hall–Kier alpha value is -0.710. The van der Waals surface area contributed by atoms with Crippen LogP contribution in [0.3, 0.4) is 0 Å². The first-order chi connectivity index (χ1) is 9.70. The summed E-state index contributed by atoms with van der Waals surface area (Å²) in [6.45, 7) is 12.8. The quantitative estimate of drug-likeness (QED) is 0.767. The lowest BCUT2D eigenvalue weighted by atomic mass is 9.82. The first-order valence-electron chi connectivity index (χ1n) is 7.88. The Labute approximate surface area is 133 Å². The number of piperazine rings is 1. The van der Waals surface area contributed by atoms with E-state index in [2.05, 4.69) is 12.2 Å². The molecular weight excluding hydrogens is 284 g/mol. The molecule has 0 aromatic rings. The van der Waals surface area contributed by atoms with Crippen LogP contribution in [0.1, 0.15) is 48.0 Å². The van der Waals surface area contributed by atoms with Crippen LogP contribution in [-0.4, -0.2) is 46.8 Å². The number of amides is 2. The predicted octanol–water partition coefficient (Wildman–Crippen LogP) is 2.53. The van der Waals surface area contributed by atoms with Crippen molar-refractivity contribution in [2.24, 2.45) is 11.3 Å². The summed E-state index contributed by atoms with van der Waals surface area (Å²) in [6, 6.07) is -0.749. The van der Waals surface area contributed by atoms with Gasteiger partial charge in [-0.05, 0) is 29.3 Å². The molecule has 2 unspecified atom stereocenters. The molecular formula is C16H30N2O2S. The second kappa shape index (κ2) is 7.52. The lowest BCUT2D eigenvalue weighted by Gasteiger charge is -2.44. The Morgan fingerprint density at radius 2 is 1.90 bits per heavy atom. The molecule has 0 aromatic heterocycles. The average molecular weight is 314 g/mol. The highest BCUT2D eigenvalue weighted by Gasteiger charge is 2.45. The Morgan fingerprint density at radius 1 is 1.29 bits per heavy atom. The summed E-state index contributed by atoms with van der Waals surface area (Å²) in [6.07, 6.45) is 0.942. The maximum absolute atomic E-state index is 12.8. The predicted molar refractivity (Wildman–Crippen MR) is 89.3 cm³/mol. The number of rotatable bonds is 6. The topological polar surface area (TPSA) is 49.4 Å². The molecule has 0 aliphatic carbocycles. The van der Waals surface area contributed by atoms with Crippen LogP contribution in [0.4, 0.5) is 0 Å². The van der Waals surface area contributed by atoms with Crippen molar-refractivity contribution in [2.45, 2.75) is 60.0 Å². The van der Waals surface area contributed by atoms with Gasteiger partial charge in [-0.15, -0.1) is 0 Å². The van der Waals surface area contributed by atoms with Crippen LogP contribution in [0, 0.1) is 11.3 Å². The number of hydrogen-bond donors (Lipinski definition) is 1. The van der Waals surface area contributed by atoms with Gasteiger partial charge in [-0.1, -0.05) is 41.5 Å². The van der Waals surface area contributed by atoms with E-state index in [4.69, 9.17) is 0 Å². The fourth-order valence-corrected chi connectivity index (χ4v) is 3.34. The molecule has 1 saturated heterocycles. The fraction of sp³-hybridized carbons (Fsp3) is 0.875. The first kappa shape index (κ1) is 18.3. The molecule has 1 heterocycles. The minimum atomic E-state index is -0.418. The van der Waals surface area contributed by atoms with E-state index in [-0.39, 0.29) is 29.2 Å². The van der Waals surface area contributed by atoms with Gasteiger partial charge in [0, 0.05) is 6.54 Å². The van der Waals surface area contributed by atoms with Crippen molar-refractivity contribution in [3.05, 3.63) is 0 Å². The van der Waals surface area contributed by atoms with E-state index < -0.39 is 6.04 Å². The SMILES string of the molecule is CCSCCCN1C(=O)C(C(C)(C)C)NC(=O)C1C(C)C. The second-order valence-corrected chi connectivity index (χ2v) is 8.47. The number of carbonyl (C=O) groups excluding carboxylic acids is 2. The third-order valence-corrected chi connectivity index (χ3v) is 4.80. The monoisotopic (exact) mass is 314 g/mol. The molecule has 1 rings (SSSR count). The highest BCUT2D eigenvalue weighted by atomic mass is 32.2. The molecule has 1 N–H and O–H groups in total. The van der Waals surface area contributed by atoms with Crippen molar-refractivity contribution >= 4 is 23.6 Å². The number of thioether (sulfide) groups is 1. The number of carbonyl (C=O) groups is 2. The van der Waals surface area contributed by atoms with E-state index >= 15 is 0 Å². The van der Waals surface area contributed by atoms with Gasteiger partial charge in [0.25, 0.3) is 0 Å². The first-order valence-corrected chi connectivity index (χ1v) is 9.04. The standard InChI is InChI=1S/C16H30N2O2S/c1-7-21-10-8-9-18-12(11(2)3)14(19)17-13(15(18)20)16(4,5)6/h11-13H,7-10H2,1-6H3,(H,17,19). The molecule has 21 heavy (non-hydrogen) atoms. The van der Waals surface area contributed by atoms with Crippen LogP contribution in [0.15, 0.2) is 0 Å². The van der Waals surface area contributed by atoms with Crippen LogP contribution < -0.4 is 5.32 Å². The van der Waals surface area contributed by atoms with Gasteiger partial charge in [-0.25, -0.2) is 0 Å². The average Bonchev–Trinajstić information content (AvgIpc) is 2.36. The third-order valence-electron chi connectivity index (χ3n) is 3.81. The molecule has 122 valence electrons. The van der Waals surface area contributed by atoms with E-state index in [1.165, 1.54) is 0 Å². The van der Waals surface area contributed by atoms with E-state index in [0.717, 1.165) is 17.9 Å². The Bertz CT molecular complexity index is 377. The van der Waals surface area contributed by atoms with Crippen LogP contribution in [-0.2, 0) is 9.59 Å². The van der Waals surface area contributed by atoms with Crippen LogP contribution in [0.5, 0.6) is 0 Å². The molecule has 0 bridgehead atoms. The highest BCUT2D eigenvalue weighted by molar-refractivity contribution is 7.99. The molecule has 0 saturated carbocycles. The molecule has 2 amide bonds. The lowest BCUT2D eigenvalue weighted by Crippen LogP contribution is -2.67. The van der Waals surface area contributed by atoms with Crippen LogP contribution >= 0.6 is 11.8 Å². The second-order valence-electron chi connectivity index (χ2n) is 7.08. The highest BCUT2D eigenvalue weighted by Crippen LogP contribution is 2.27. The van der Waals surface area contributed by atoms with Gasteiger partial charge in [0.15, 0.2) is 0 Å². The zero-order valence-corrected chi connectivity index (χ0v) is 15.0. The van der Waals surface area contributed by atoms with Crippen molar-refractivity contribution in [3.8, 4) is 0 Å². The minimum absolute atomic E-state index is 0.00679. The molecule has 0 aromatic carbocycles. The maximum Gasteiger partial charge on any atom is 0.246 e.